The SMILES string of the molecule is CN(C)N(C)C(=O)[C@@]1(CCc2ccccc2)CCCN(C(=O)[C@@H](Cc2c[nH]c3ccccc23)NC(=O)C(C)(C)N)C1. The first-order valence-corrected chi connectivity index (χ1v) is 14.3. The maximum Gasteiger partial charge on any atom is 0.245 e. The molecule has 9 nitrogen and oxygen atoms in total. The molecule has 2 heterocycles. The fourth-order valence-electron chi connectivity index (χ4n) is 5.64. The zero-order chi connectivity index (χ0) is 29.8. The van der Waals surface area contributed by atoms with Crippen molar-refractivity contribution in [3.8, 4) is 0 Å². The van der Waals surface area contributed by atoms with E-state index in [1.807, 2.05) is 62.8 Å². The van der Waals surface area contributed by atoms with E-state index in [9.17, 15) is 14.4 Å². The van der Waals surface area contributed by atoms with Crippen molar-refractivity contribution in [3.05, 3.63) is 71.9 Å². The van der Waals surface area contributed by atoms with Crippen LogP contribution in [0.5, 0.6) is 0 Å². The molecule has 4 N–H and O–H groups in total. The van der Waals surface area contributed by atoms with Gasteiger partial charge in [0.25, 0.3) is 0 Å². The van der Waals surface area contributed by atoms with Crippen molar-refractivity contribution >= 4 is 28.6 Å². The molecule has 1 aliphatic heterocycles. The number of amides is 3. The number of rotatable bonds is 10. The highest BCUT2D eigenvalue weighted by atomic mass is 16.2. The lowest BCUT2D eigenvalue weighted by atomic mass is 9.74. The van der Waals surface area contributed by atoms with Gasteiger partial charge in [-0.15, -0.1) is 0 Å². The smallest absolute Gasteiger partial charge is 0.245 e. The average Bonchev–Trinajstić information content (AvgIpc) is 3.37. The third kappa shape index (κ3) is 6.97. The van der Waals surface area contributed by atoms with E-state index in [0.29, 0.717) is 38.8 Å². The zero-order valence-electron chi connectivity index (χ0n) is 24.9. The lowest BCUT2D eigenvalue weighted by Crippen LogP contribution is -2.61. The van der Waals surface area contributed by atoms with Crippen molar-refractivity contribution in [2.75, 3.05) is 34.2 Å². The van der Waals surface area contributed by atoms with Gasteiger partial charge in [-0.2, -0.15) is 0 Å². The predicted molar refractivity (Wildman–Crippen MR) is 162 cm³/mol. The number of benzene rings is 2. The van der Waals surface area contributed by atoms with Crippen LogP contribution in [0.2, 0.25) is 0 Å². The highest BCUT2D eigenvalue weighted by Gasteiger charge is 2.46. The van der Waals surface area contributed by atoms with Crippen LogP contribution in [-0.4, -0.2) is 83.4 Å². The van der Waals surface area contributed by atoms with Crippen molar-refractivity contribution < 1.29 is 14.4 Å². The molecule has 3 aromatic rings. The van der Waals surface area contributed by atoms with Crippen LogP contribution in [0.4, 0.5) is 0 Å². The Balaban J connectivity index is 1.63. The Hall–Kier alpha value is -3.69. The molecule has 2 atom stereocenters. The summed E-state index contributed by atoms with van der Waals surface area (Å²) in [5.41, 5.74) is 7.28. The Morgan fingerprint density at radius 2 is 1.76 bits per heavy atom. The van der Waals surface area contributed by atoms with E-state index in [-0.39, 0.29) is 11.8 Å². The monoisotopic (exact) mass is 560 g/mol. The second kappa shape index (κ2) is 12.4. The molecule has 4 rings (SSSR count). The number of nitrogens with two attached hydrogens (primary N) is 1. The quantitative estimate of drug-likeness (QED) is 0.330. The minimum atomic E-state index is -1.15. The van der Waals surface area contributed by atoms with E-state index in [1.54, 1.807) is 35.8 Å². The minimum Gasteiger partial charge on any atom is -0.361 e. The van der Waals surface area contributed by atoms with Crippen LogP contribution >= 0.6 is 0 Å². The highest BCUT2D eigenvalue weighted by Crippen LogP contribution is 2.37. The molecule has 0 radical (unpaired) electrons. The van der Waals surface area contributed by atoms with Gasteiger partial charge >= 0.3 is 0 Å². The normalized spacial score (nSPS) is 18.4. The van der Waals surface area contributed by atoms with Crippen molar-refractivity contribution in [3.63, 3.8) is 0 Å². The fraction of sp³-hybridized carbons (Fsp3) is 0.469. The summed E-state index contributed by atoms with van der Waals surface area (Å²) in [5, 5.41) is 7.36. The van der Waals surface area contributed by atoms with Crippen LogP contribution in [0.1, 0.15) is 44.2 Å². The predicted octanol–water partition coefficient (Wildman–Crippen LogP) is 3.11. The van der Waals surface area contributed by atoms with Crippen LogP contribution in [-0.2, 0) is 27.2 Å². The van der Waals surface area contributed by atoms with Crippen molar-refractivity contribution in [1.29, 1.82) is 0 Å². The number of para-hydroxylation sites is 1. The van der Waals surface area contributed by atoms with Crippen LogP contribution in [0, 0.1) is 5.41 Å². The Morgan fingerprint density at radius 1 is 1.07 bits per heavy atom. The third-order valence-corrected chi connectivity index (χ3v) is 8.26. The lowest BCUT2D eigenvalue weighted by Gasteiger charge is -2.45. The number of H-pyrrole nitrogens is 1. The van der Waals surface area contributed by atoms with Gasteiger partial charge in [-0.3, -0.25) is 19.4 Å². The lowest BCUT2D eigenvalue weighted by molar-refractivity contribution is -0.160. The topological polar surface area (TPSA) is 115 Å². The number of aryl methyl sites for hydroxylation is 1. The van der Waals surface area contributed by atoms with Gasteiger partial charge < -0.3 is 20.9 Å². The number of hydrogen-bond donors (Lipinski definition) is 3. The van der Waals surface area contributed by atoms with E-state index >= 15 is 0 Å². The van der Waals surface area contributed by atoms with Crippen LogP contribution in [0.15, 0.2) is 60.8 Å². The number of nitrogens with one attached hydrogen (secondary N) is 2. The van der Waals surface area contributed by atoms with Crippen LogP contribution < -0.4 is 11.1 Å². The molecule has 0 unspecified atom stereocenters. The first kappa shape index (κ1) is 30.3. The van der Waals surface area contributed by atoms with E-state index in [2.05, 4.69) is 22.4 Å². The van der Waals surface area contributed by atoms with E-state index in [0.717, 1.165) is 28.5 Å². The molecule has 3 amide bonds. The van der Waals surface area contributed by atoms with Crippen LogP contribution in [0.3, 0.4) is 0 Å². The summed E-state index contributed by atoms with van der Waals surface area (Å²) in [4.78, 5) is 46.3. The molecule has 9 heteroatoms. The summed E-state index contributed by atoms with van der Waals surface area (Å²) in [6.07, 6.45) is 4.93. The van der Waals surface area contributed by atoms with Crippen molar-refractivity contribution in [2.45, 2.75) is 57.5 Å². The van der Waals surface area contributed by atoms with Gasteiger partial charge in [-0.05, 0) is 56.7 Å². The molecular formula is C32H44N6O3. The van der Waals surface area contributed by atoms with E-state index < -0.39 is 22.9 Å². The molecule has 0 bridgehead atoms. The zero-order valence-corrected chi connectivity index (χ0v) is 24.9. The Morgan fingerprint density at radius 3 is 2.44 bits per heavy atom. The van der Waals surface area contributed by atoms with Crippen LogP contribution in [0.25, 0.3) is 10.9 Å². The molecule has 220 valence electrons. The minimum absolute atomic E-state index is 0.00348. The number of aromatic nitrogens is 1. The summed E-state index contributed by atoms with van der Waals surface area (Å²) in [5.74, 6) is -0.598. The van der Waals surface area contributed by atoms with E-state index in [4.69, 9.17) is 5.73 Å². The highest BCUT2D eigenvalue weighted by molar-refractivity contribution is 5.93. The van der Waals surface area contributed by atoms with Gasteiger partial charge in [0.1, 0.15) is 6.04 Å². The Bertz CT molecular complexity index is 1360. The number of aromatic amines is 1. The molecule has 2 aromatic carbocycles. The molecule has 1 aromatic heterocycles. The maximum atomic E-state index is 14.2. The molecule has 0 aliphatic carbocycles. The van der Waals surface area contributed by atoms with Gasteiger partial charge in [0, 0.05) is 57.8 Å². The number of nitrogens with zero attached hydrogens (tertiary/aromatic N) is 3. The number of likely N-dealkylation sites (tertiary alicyclic amines) is 1. The Labute approximate surface area is 243 Å². The third-order valence-electron chi connectivity index (χ3n) is 8.26. The summed E-state index contributed by atoms with van der Waals surface area (Å²) >= 11 is 0. The van der Waals surface area contributed by atoms with Crippen molar-refractivity contribution in [2.24, 2.45) is 11.1 Å². The number of piperidine rings is 1. The second-order valence-corrected chi connectivity index (χ2v) is 12.1. The average molecular weight is 561 g/mol. The second-order valence-electron chi connectivity index (χ2n) is 12.1. The molecule has 1 saturated heterocycles. The van der Waals surface area contributed by atoms with Gasteiger partial charge in [0.2, 0.25) is 17.7 Å². The maximum absolute atomic E-state index is 14.2. The standard InChI is InChI=1S/C32H44N6O3/c1-31(2,33)29(40)35-27(20-24-21-34-26-15-10-9-14-25(24)26)28(39)38-19-11-17-32(22-38,30(41)37(5)36(3)4)18-16-23-12-7-6-8-13-23/h6-10,12-15,21,27,34H,11,16-20,22,33H2,1-5H3,(H,35,40)/t27-,32-/m1/s1. The summed E-state index contributed by atoms with van der Waals surface area (Å²) in [7, 11) is 5.46. The van der Waals surface area contributed by atoms with E-state index in [1.165, 1.54) is 0 Å². The van der Waals surface area contributed by atoms with Gasteiger partial charge in [0.05, 0.1) is 11.0 Å². The Kier molecular flexibility index (Phi) is 9.19. The largest absolute Gasteiger partial charge is 0.361 e. The number of fused-ring (bicyclic) bond motifs is 1. The number of hydrogen-bond acceptors (Lipinski definition) is 5. The summed E-state index contributed by atoms with van der Waals surface area (Å²) in [6.45, 7) is 4.07. The summed E-state index contributed by atoms with van der Waals surface area (Å²) in [6, 6.07) is 17.2. The van der Waals surface area contributed by atoms with Gasteiger partial charge in [-0.1, -0.05) is 48.5 Å². The van der Waals surface area contributed by atoms with Crippen molar-refractivity contribution in [1.82, 2.24) is 25.2 Å². The first-order chi connectivity index (χ1) is 19.4. The molecule has 0 saturated carbocycles. The van der Waals surface area contributed by atoms with Gasteiger partial charge in [0.15, 0.2) is 0 Å². The molecule has 0 spiro atoms. The molecular weight excluding hydrogens is 516 g/mol. The number of carbonyl (C=O) groups excluding carboxylic acids is 3. The fourth-order valence-corrected chi connectivity index (χ4v) is 5.64. The molecule has 1 aliphatic rings. The number of hydrazine groups is 1. The van der Waals surface area contributed by atoms with Gasteiger partial charge in [-0.25, -0.2) is 5.01 Å². The summed E-state index contributed by atoms with van der Waals surface area (Å²) < 4.78 is 0. The molecule has 41 heavy (non-hydrogen) atoms. The number of carbonyl (C=O) groups is 3. The first-order valence-electron chi connectivity index (χ1n) is 14.3. The molecule has 1 fully saturated rings.